The zero-order valence-corrected chi connectivity index (χ0v) is 17.9. The van der Waals surface area contributed by atoms with Crippen molar-refractivity contribution in [2.45, 2.75) is 39.0 Å². The minimum atomic E-state index is -0.945. The Kier molecular flexibility index (Phi) is 9.29. The van der Waals surface area contributed by atoms with Crippen LogP contribution in [0.4, 0.5) is 0 Å². The first-order valence-electron chi connectivity index (χ1n) is 10.3. The predicted molar refractivity (Wildman–Crippen MR) is 122 cm³/mol. The summed E-state index contributed by atoms with van der Waals surface area (Å²) in [6, 6.07) is 20.5. The average molecular weight is 434 g/mol. The van der Waals surface area contributed by atoms with E-state index in [0.717, 1.165) is 22.8 Å². The van der Waals surface area contributed by atoms with E-state index in [1.54, 1.807) is 24.3 Å². The third-order valence-corrected chi connectivity index (χ3v) is 4.85. The number of benzene rings is 3. The van der Waals surface area contributed by atoms with Gasteiger partial charge in [0.2, 0.25) is 0 Å². The van der Waals surface area contributed by atoms with E-state index in [4.69, 9.17) is 10.2 Å². The summed E-state index contributed by atoms with van der Waals surface area (Å²) in [6.45, 7) is 1.53. The fourth-order valence-electron chi connectivity index (χ4n) is 3.08. The Morgan fingerprint density at radius 1 is 0.688 bits per heavy atom. The van der Waals surface area contributed by atoms with Crippen LogP contribution in [0.5, 0.6) is 0 Å². The lowest BCUT2D eigenvalue weighted by molar-refractivity contribution is -0.138. The van der Waals surface area contributed by atoms with Crippen molar-refractivity contribution >= 4 is 34.3 Å². The van der Waals surface area contributed by atoms with E-state index in [9.17, 15) is 19.2 Å². The molecular formula is C26H26O6. The second-order valence-corrected chi connectivity index (χ2v) is 7.38. The van der Waals surface area contributed by atoms with Crippen molar-refractivity contribution in [1.82, 2.24) is 0 Å². The van der Waals surface area contributed by atoms with Gasteiger partial charge in [-0.1, -0.05) is 60.7 Å². The molecule has 0 unspecified atom stereocenters. The van der Waals surface area contributed by atoms with Crippen molar-refractivity contribution in [2.24, 2.45) is 0 Å². The zero-order valence-electron chi connectivity index (χ0n) is 17.9. The molecule has 3 rings (SSSR count). The van der Waals surface area contributed by atoms with E-state index in [1.165, 1.54) is 6.92 Å². The lowest BCUT2D eigenvalue weighted by Crippen LogP contribution is -2.03. The molecule has 0 atom stereocenters. The van der Waals surface area contributed by atoms with E-state index in [-0.39, 0.29) is 30.8 Å². The maximum absolute atomic E-state index is 11.7. The molecule has 0 aliphatic rings. The largest absolute Gasteiger partial charge is 0.481 e. The molecule has 3 aromatic rings. The summed E-state index contributed by atoms with van der Waals surface area (Å²) < 4.78 is 0. The number of hydrogen-bond donors (Lipinski definition) is 2. The number of ketones is 2. The summed E-state index contributed by atoms with van der Waals surface area (Å²) >= 11 is 0. The molecule has 0 aliphatic heterocycles. The molecule has 32 heavy (non-hydrogen) atoms. The highest BCUT2D eigenvalue weighted by atomic mass is 16.4. The van der Waals surface area contributed by atoms with Crippen LogP contribution in [-0.4, -0.2) is 33.7 Å². The van der Waals surface area contributed by atoms with Gasteiger partial charge in [0.25, 0.3) is 0 Å². The van der Waals surface area contributed by atoms with Crippen LogP contribution < -0.4 is 0 Å². The molecule has 0 spiro atoms. The molecule has 6 heteroatoms. The maximum Gasteiger partial charge on any atom is 0.303 e. The molecule has 6 nitrogen and oxygen atoms in total. The molecule has 0 bridgehead atoms. The van der Waals surface area contributed by atoms with Crippen molar-refractivity contribution in [1.29, 1.82) is 0 Å². The van der Waals surface area contributed by atoms with Crippen LogP contribution in [0.2, 0.25) is 0 Å². The second kappa shape index (κ2) is 12.2. The molecule has 0 radical (unpaired) electrons. The van der Waals surface area contributed by atoms with Gasteiger partial charge in [-0.2, -0.15) is 0 Å². The molecule has 0 saturated heterocycles. The number of aryl methyl sites for hydroxylation is 1. The number of aliphatic carboxylic acids is 2. The lowest BCUT2D eigenvalue weighted by Gasteiger charge is -2.02. The van der Waals surface area contributed by atoms with E-state index >= 15 is 0 Å². The van der Waals surface area contributed by atoms with Gasteiger partial charge < -0.3 is 10.2 Å². The number of carbonyl (C=O) groups is 4. The molecule has 2 N–H and O–H groups in total. The Morgan fingerprint density at radius 2 is 1.28 bits per heavy atom. The summed E-state index contributed by atoms with van der Waals surface area (Å²) in [5.41, 5.74) is 2.34. The third kappa shape index (κ3) is 8.14. The smallest absolute Gasteiger partial charge is 0.303 e. The molecule has 0 heterocycles. The summed E-state index contributed by atoms with van der Waals surface area (Å²) in [6.07, 6.45) is 1.49. The van der Waals surface area contributed by atoms with E-state index < -0.39 is 11.9 Å². The number of carboxylic acid groups (broad SMARTS) is 2. The van der Waals surface area contributed by atoms with E-state index in [0.29, 0.717) is 17.5 Å². The number of hydrogen-bond acceptors (Lipinski definition) is 4. The summed E-state index contributed by atoms with van der Waals surface area (Å²) in [4.78, 5) is 43.4. The fourth-order valence-corrected chi connectivity index (χ4v) is 3.08. The van der Waals surface area contributed by atoms with Gasteiger partial charge in [-0.25, -0.2) is 0 Å². The van der Waals surface area contributed by atoms with Crippen molar-refractivity contribution in [2.75, 3.05) is 0 Å². The lowest BCUT2D eigenvalue weighted by atomic mass is 10.0. The molecule has 3 aromatic carbocycles. The fraction of sp³-hybridized carbons (Fsp3) is 0.231. The highest BCUT2D eigenvalue weighted by Crippen LogP contribution is 2.17. The van der Waals surface area contributed by atoms with Gasteiger partial charge in [0.05, 0.1) is 6.42 Å². The Labute approximate surface area is 186 Å². The Morgan fingerprint density at radius 3 is 1.88 bits per heavy atom. The molecule has 0 amide bonds. The monoisotopic (exact) mass is 434 g/mol. The Balaban J connectivity index is 0.000000229. The van der Waals surface area contributed by atoms with E-state index in [2.05, 4.69) is 0 Å². The van der Waals surface area contributed by atoms with Crippen LogP contribution in [-0.2, 0) is 16.0 Å². The highest BCUT2D eigenvalue weighted by molar-refractivity contribution is 6.00. The molecule has 0 aromatic heterocycles. The van der Waals surface area contributed by atoms with Crippen LogP contribution in [0.3, 0.4) is 0 Å². The summed E-state index contributed by atoms with van der Waals surface area (Å²) in [5, 5.41) is 19.1. The standard InChI is InChI=1S/C14H12O3.C12H14O3/c15-13(7-8-14(16)17)12-6-5-10-3-1-2-4-11(10)9-12;1-9(13)11-7-5-10(6-8-11)3-2-4-12(14)15/h1-6,9H,7-8H2,(H,16,17);5-8H,2-4H2,1H3,(H,14,15). The number of Topliss-reactive ketones (excluding diaryl/α,β-unsaturated/α-hetero) is 2. The van der Waals surface area contributed by atoms with Crippen molar-refractivity contribution in [3.05, 3.63) is 83.4 Å². The first kappa shape index (κ1) is 24.5. The van der Waals surface area contributed by atoms with Gasteiger partial charge in [0.15, 0.2) is 11.6 Å². The molecule has 0 fully saturated rings. The van der Waals surface area contributed by atoms with Gasteiger partial charge in [-0.3, -0.25) is 19.2 Å². The second-order valence-electron chi connectivity index (χ2n) is 7.38. The van der Waals surface area contributed by atoms with Crippen molar-refractivity contribution in [3.63, 3.8) is 0 Å². The minimum absolute atomic E-state index is 0.0482. The molecule has 0 saturated carbocycles. The van der Waals surface area contributed by atoms with Crippen LogP contribution in [0, 0.1) is 0 Å². The third-order valence-electron chi connectivity index (χ3n) is 4.85. The van der Waals surface area contributed by atoms with E-state index in [1.807, 2.05) is 42.5 Å². The van der Waals surface area contributed by atoms with Crippen LogP contribution >= 0.6 is 0 Å². The Hall–Kier alpha value is -3.80. The topological polar surface area (TPSA) is 109 Å². The number of carboxylic acids is 2. The SMILES string of the molecule is CC(=O)c1ccc(CCCC(=O)O)cc1.O=C(O)CCC(=O)c1ccc2ccccc2c1. The zero-order chi connectivity index (χ0) is 23.5. The number of rotatable bonds is 9. The van der Waals surface area contributed by atoms with Gasteiger partial charge in [0.1, 0.15) is 0 Å². The Bertz CT molecular complexity index is 1100. The molecular weight excluding hydrogens is 408 g/mol. The number of fused-ring (bicyclic) bond motifs is 1. The number of carbonyl (C=O) groups excluding carboxylic acids is 2. The molecule has 166 valence electrons. The molecule has 0 aliphatic carbocycles. The summed E-state index contributed by atoms with van der Waals surface area (Å²) in [7, 11) is 0. The van der Waals surface area contributed by atoms with Gasteiger partial charge in [-0.15, -0.1) is 0 Å². The van der Waals surface area contributed by atoms with Crippen molar-refractivity contribution in [3.8, 4) is 0 Å². The maximum atomic E-state index is 11.7. The first-order chi connectivity index (χ1) is 15.3. The van der Waals surface area contributed by atoms with Gasteiger partial charge in [-0.05, 0) is 42.2 Å². The van der Waals surface area contributed by atoms with Crippen LogP contribution in [0.1, 0.15) is 58.9 Å². The normalized spacial score (nSPS) is 10.2. The summed E-state index contributed by atoms with van der Waals surface area (Å²) in [5.74, 6) is -1.79. The minimum Gasteiger partial charge on any atom is -0.481 e. The quantitative estimate of drug-likeness (QED) is 0.449. The van der Waals surface area contributed by atoms with Gasteiger partial charge in [0, 0.05) is 24.0 Å². The highest BCUT2D eigenvalue weighted by Gasteiger charge is 2.08. The van der Waals surface area contributed by atoms with Crippen LogP contribution in [0.25, 0.3) is 10.8 Å². The van der Waals surface area contributed by atoms with Gasteiger partial charge >= 0.3 is 11.9 Å². The first-order valence-corrected chi connectivity index (χ1v) is 10.3. The average Bonchev–Trinajstić information content (AvgIpc) is 2.77. The van der Waals surface area contributed by atoms with Crippen molar-refractivity contribution < 1.29 is 29.4 Å². The predicted octanol–water partition coefficient (Wildman–Crippen LogP) is 5.18. The van der Waals surface area contributed by atoms with Crippen LogP contribution in [0.15, 0.2) is 66.7 Å².